The molecule has 0 radical (unpaired) electrons. The summed E-state index contributed by atoms with van der Waals surface area (Å²) in [7, 11) is -21.9. The first-order valence-corrected chi connectivity index (χ1v) is 45.2. The van der Waals surface area contributed by atoms with E-state index < -0.39 is 109 Å². The van der Waals surface area contributed by atoms with Crippen LogP contribution in [-0.4, -0.2) is 129 Å². The molecule has 41 nitrogen and oxygen atoms in total. The lowest BCUT2D eigenvalue weighted by molar-refractivity contribution is -0.386. The SMILES string of the molecule is O=C(CCCSSc1ccccn1)Nc1ccn(C2CC(OCc3ccccc3[N+](=O)[O-])C(CO)O2)c(=O)n1.O=C(CCCSSc1ccccn1)Nc1ccn(C2CC(OCc3ccccc3[N+](=O)[O-])C(COP(=O)(O)OP(=O)(O)OP(=O)(O)O)O2)c(=O)n1.O=P(Cl)(Cl)Cl.O=P([O-])([O-])OP(=O)([O-])O. The number of anilines is 2. The Hall–Kier alpha value is -4.79. The van der Waals surface area contributed by atoms with Crippen molar-refractivity contribution in [2.75, 3.05) is 35.4 Å². The number of amides is 2. The van der Waals surface area contributed by atoms with E-state index in [1.165, 1.54) is 81.0 Å². The van der Waals surface area contributed by atoms with Crippen molar-refractivity contribution < 1.29 is 127 Å². The normalized spacial score (nSPS) is 19.0. The molecule has 0 aliphatic carbocycles. The number of para-hydroxylation sites is 2. The Balaban J connectivity index is 0.000000322. The van der Waals surface area contributed by atoms with E-state index in [-0.39, 0.29) is 85.9 Å². The molecule has 2 amide bonds. The molecule has 572 valence electrons. The summed E-state index contributed by atoms with van der Waals surface area (Å²) in [4.78, 5) is 161. The maximum atomic E-state index is 13.0. The molecular formula is C50H58Cl3N10O31P6S4-3. The Kier molecular flexibility index (Phi) is 37.0. The lowest BCUT2D eigenvalue weighted by Crippen LogP contribution is -2.29. The number of ether oxygens (including phenoxy) is 4. The molecule has 2 aliphatic rings. The van der Waals surface area contributed by atoms with Crippen LogP contribution in [-0.2, 0) is 86.6 Å². The molecule has 104 heavy (non-hydrogen) atoms. The van der Waals surface area contributed by atoms with Crippen LogP contribution in [0, 0.1) is 20.2 Å². The minimum atomic E-state index is -5.81. The van der Waals surface area contributed by atoms with Gasteiger partial charge in [0.2, 0.25) is 11.8 Å². The van der Waals surface area contributed by atoms with Crippen molar-refractivity contribution in [3.8, 4) is 0 Å². The van der Waals surface area contributed by atoms with E-state index in [1.807, 2.05) is 36.4 Å². The second-order valence-electron chi connectivity index (χ2n) is 20.1. The molecule has 0 bridgehead atoms. The quantitative estimate of drug-likeness (QED) is 0.00633. The summed E-state index contributed by atoms with van der Waals surface area (Å²) in [5, 5.41) is 36.1. The molecular weight excluding hydrogens is 1660 g/mol. The Morgan fingerprint density at radius 2 is 1.02 bits per heavy atom. The lowest BCUT2D eigenvalue weighted by atomic mass is 10.1. The number of pyridine rings is 2. The zero-order valence-corrected chi connectivity index (χ0v) is 63.3. The van der Waals surface area contributed by atoms with Crippen LogP contribution in [0.2, 0.25) is 0 Å². The number of nitrogens with zero attached hydrogens (tertiary/aromatic N) is 8. The van der Waals surface area contributed by atoms with Gasteiger partial charge in [-0.05, 0) is 117 Å². The van der Waals surface area contributed by atoms with Gasteiger partial charge < -0.3 is 78.4 Å². The first kappa shape index (κ1) is 89.8. The molecule has 0 saturated carbocycles. The van der Waals surface area contributed by atoms with Crippen LogP contribution in [0.15, 0.2) is 141 Å². The number of halogens is 3. The maximum Gasteiger partial charge on any atom is 0.490 e. The van der Waals surface area contributed by atoms with E-state index in [0.717, 1.165) is 20.4 Å². The molecule has 8 rings (SSSR count). The van der Waals surface area contributed by atoms with Gasteiger partial charge in [-0.3, -0.25) is 56.9 Å². The molecule has 2 aliphatic heterocycles. The van der Waals surface area contributed by atoms with Gasteiger partial charge in [0.05, 0.1) is 67.4 Å². The molecule has 6 aromatic rings. The van der Waals surface area contributed by atoms with Crippen LogP contribution in [0.25, 0.3) is 0 Å². The fourth-order valence-electron chi connectivity index (χ4n) is 8.41. The van der Waals surface area contributed by atoms with Crippen molar-refractivity contribution in [1.29, 1.82) is 0 Å². The minimum absolute atomic E-state index is 0.0387. The Bertz CT molecular complexity index is 4250. The Morgan fingerprint density at radius 3 is 1.38 bits per heavy atom. The number of aliphatic hydroxyl groups is 1. The number of benzene rings is 2. The number of phosphoric ester groups is 1. The third-order valence-corrected chi connectivity index (χ3v) is 22.6. The fourth-order valence-corrected chi connectivity index (χ4v) is 16.4. The topological polar surface area (TPSA) is 607 Å². The van der Waals surface area contributed by atoms with Gasteiger partial charge in [0.1, 0.15) is 46.4 Å². The third-order valence-electron chi connectivity index (χ3n) is 12.5. The second kappa shape index (κ2) is 42.8. The molecule has 6 heterocycles. The maximum absolute atomic E-state index is 13.0. The average molecular weight is 1720 g/mol. The second-order valence-corrected chi connectivity index (χ2v) is 38.5. The summed E-state index contributed by atoms with van der Waals surface area (Å²) < 4.78 is 104. The zero-order chi connectivity index (χ0) is 77.1. The number of rotatable bonds is 34. The Labute approximate surface area is 616 Å². The number of nitro groups is 2. The van der Waals surface area contributed by atoms with E-state index >= 15 is 0 Å². The number of carbonyl (C=O) groups is 2. The summed E-state index contributed by atoms with van der Waals surface area (Å²) in [5.41, 5.74) is -1.27. The molecule has 2 saturated heterocycles. The molecule has 54 heteroatoms. The van der Waals surface area contributed by atoms with Gasteiger partial charge in [-0.25, -0.2) is 33.3 Å². The molecule has 2 aromatic carbocycles. The zero-order valence-electron chi connectivity index (χ0n) is 52.4. The highest BCUT2D eigenvalue weighted by atomic mass is 36.0. The van der Waals surface area contributed by atoms with E-state index in [2.05, 4.69) is 77.2 Å². The average Bonchev–Trinajstić information content (AvgIpc) is 1.39. The van der Waals surface area contributed by atoms with Crippen molar-refractivity contribution in [1.82, 2.24) is 29.1 Å². The first-order valence-electron chi connectivity index (χ1n) is 28.7. The molecule has 0 spiro atoms. The highest BCUT2D eigenvalue weighted by Crippen LogP contribution is 2.66. The third kappa shape index (κ3) is 35.5. The van der Waals surface area contributed by atoms with Gasteiger partial charge in [0, 0.05) is 74.1 Å². The first-order chi connectivity index (χ1) is 48.6. The van der Waals surface area contributed by atoms with E-state index in [4.69, 9.17) is 38.2 Å². The number of aliphatic hydroxyl groups excluding tert-OH is 1. The van der Waals surface area contributed by atoms with Crippen molar-refractivity contribution in [3.63, 3.8) is 0 Å². The largest absolute Gasteiger partial charge is 0.790 e. The highest BCUT2D eigenvalue weighted by Gasteiger charge is 2.44. The van der Waals surface area contributed by atoms with Gasteiger partial charge in [0.15, 0.2) is 0 Å². The standard InChI is InChI=1S/C25H30N5O16P3S2.C25H27N5O7S2.Cl3OP.H4O7P2/c31-22(8-5-13-50-51-23-9-3-4-11-26-23)27-21-10-12-29(25(32)28-21)24-14-19(42-15-17-6-1-2-7-18(17)30(33)34)20(44-24)16-43-48(38,39)46-49(40,41)45-47(35,36)37;31-15-20-19(36-16-17-6-1-2-7-18(17)30(34)35)14-24(37-20)29-12-10-21(28-25(29)33)27-22(32)8-5-13-38-39-23-9-3-4-11-26-23;1-5(2,3)4;1-8(2,3)7-9(4,5)6/h1-4,6-7,9-12,19-20,24H,5,8,13-16H2,(H,38,39)(H,40,41)(H2,35,36,37)(H,27,28,31,32);1-4,6-7,9-12,19-20,24,31H,5,8,13-16H2,(H,27,28,32,33);;(H2,1,2,3)(H2,4,5,6)/p-3. The fraction of sp³-hybridized carbons (Fsp3) is 0.360. The number of phosphoric acid groups is 5. The molecule has 4 aromatic heterocycles. The predicted octanol–water partition coefficient (Wildman–Crippen LogP) is 7.60. The van der Waals surface area contributed by atoms with Crippen LogP contribution in [0.5, 0.6) is 0 Å². The number of hydrogen-bond donors (Lipinski definition) is 8. The predicted molar refractivity (Wildman–Crippen MR) is 369 cm³/mol. The van der Waals surface area contributed by atoms with Crippen molar-refractivity contribution >= 4 is 156 Å². The monoisotopic (exact) mass is 1710 g/mol. The lowest BCUT2D eigenvalue weighted by Gasteiger charge is -2.32. The van der Waals surface area contributed by atoms with Crippen LogP contribution >= 0.6 is 121 Å². The summed E-state index contributed by atoms with van der Waals surface area (Å²) in [6.45, 7) is -1.68. The van der Waals surface area contributed by atoms with Crippen LogP contribution in [0.3, 0.4) is 0 Å². The van der Waals surface area contributed by atoms with Crippen LogP contribution in [0.1, 0.15) is 62.1 Å². The van der Waals surface area contributed by atoms with Crippen molar-refractivity contribution in [2.24, 2.45) is 0 Å². The number of carbonyl (C=O) groups excluding carboxylic acids is 2. The van der Waals surface area contributed by atoms with Crippen LogP contribution < -0.4 is 36.7 Å². The van der Waals surface area contributed by atoms with Gasteiger partial charge in [0.25, 0.3) is 19.2 Å². The number of nitrogens with one attached hydrogen (secondary N) is 2. The minimum Gasteiger partial charge on any atom is -0.790 e. The van der Waals surface area contributed by atoms with Gasteiger partial charge in [-0.1, -0.05) is 58.0 Å². The van der Waals surface area contributed by atoms with Gasteiger partial charge in [-0.2, -0.15) is 18.6 Å². The molecule has 9 unspecified atom stereocenters. The molecule has 2 fully saturated rings. The van der Waals surface area contributed by atoms with Crippen LogP contribution in [0.4, 0.5) is 23.0 Å². The summed E-state index contributed by atoms with van der Waals surface area (Å²) in [6, 6.07) is 25.9. The Morgan fingerprint density at radius 1 is 0.606 bits per heavy atom. The number of nitro benzene ring substituents is 2. The molecule has 8 N–H and O–H groups in total. The highest BCUT2D eigenvalue weighted by molar-refractivity contribution is 8.77. The number of aromatic nitrogens is 6. The smallest absolute Gasteiger partial charge is 0.490 e. The summed E-state index contributed by atoms with van der Waals surface area (Å²) in [6.07, 6.45) is 2.19. The van der Waals surface area contributed by atoms with Gasteiger partial charge in [-0.15, -0.1) is 0 Å². The van der Waals surface area contributed by atoms with E-state index in [1.54, 1.807) is 52.2 Å². The van der Waals surface area contributed by atoms with Crippen molar-refractivity contribution in [3.05, 3.63) is 174 Å². The molecule has 9 atom stereocenters. The number of hydrogen-bond acceptors (Lipinski definition) is 34. The van der Waals surface area contributed by atoms with Crippen molar-refractivity contribution in [2.45, 2.75) is 98.7 Å². The summed E-state index contributed by atoms with van der Waals surface area (Å²) in [5.74, 6) is 0.891. The van der Waals surface area contributed by atoms with E-state index in [0.29, 0.717) is 24.2 Å². The van der Waals surface area contributed by atoms with Gasteiger partial charge >= 0.3 is 40.0 Å². The van der Waals surface area contributed by atoms with E-state index in [9.17, 15) is 96.4 Å². The summed E-state index contributed by atoms with van der Waals surface area (Å²) >= 11 is 13.8.